The summed E-state index contributed by atoms with van der Waals surface area (Å²) in [4.78, 5) is 0.620. The summed E-state index contributed by atoms with van der Waals surface area (Å²) in [5, 5.41) is 0. The van der Waals surface area contributed by atoms with Gasteiger partial charge in [0.05, 0.1) is 0 Å². The van der Waals surface area contributed by atoms with Gasteiger partial charge in [0.25, 0.3) is 0 Å². The van der Waals surface area contributed by atoms with Crippen LogP contribution in [0.15, 0.2) is 30.3 Å². The van der Waals surface area contributed by atoms with Crippen LogP contribution in [-0.2, 0) is 6.42 Å². The highest BCUT2D eigenvalue weighted by atomic mass is 79.9. The molecular formula is C12H17Br. The van der Waals surface area contributed by atoms with Gasteiger partial charge in [0.2, 0.25) is 0 Å². The van der Waals surface area contributed by atoms with Gasteiger partial charge in [-0.3, -0.25) is 0 Å². The van der Waals surface area contributed by atoms with Gasteiger partial charge in [0, 0.05) is 4.83 Å². The molecule has 0 aromatic heterocycles. The van der Waals surface area contributed by atoms with Gasteiger partial charge in [-0.25, -0.2) is 0 Å². The van der Waals surface area contributed by atoms with Gasteiger partial charge in [-0.2, -0.15) is 0 Å². The lowest BCUT2D eigenvalue weighted by Crippen LogP contribution is -2.06. The van der Waals surface area contributed by atoms with Crippen molar-refractivity contribution >= 4 is 15.9 Å². The molecule has 0 saturated carbocycles. The molecule has 0 spiro atoms. The van der Waals surface area contributed by atoms with Crippen molar-refractivity contribution in [1.82, 2.24) is 0 Å². The summed E-state index contributed by atoms with van der Waals surface area (Å²) in [6, 6.07) is 10.6. The molecule has 0 fully saturated rings. The van der Waals surface area contributed by atoms with Crippen LogP contribution in [0.2, 0.25) is 0 Å². The minimum absolute atomic E-state index is 0.620. The van der Waals surface area contributed by atoms with Crippen LogP contribution in [0.25, 0.3) is 0 Å². The minimum atomic E-state index is 0.620. The van der Waals surface area contributed by atoms with Crippen LogP contribution in [0.1, 0.15) is 25.8 Å². The van der Waals surface area contributed by atoms with E-state index in [1.165, 1.54) is 12.0 Å². The molecule has 0 radical (unpaired) electrons. The summed E-state index contributed by atoms with van der Waals surface area (Å²) in [6.07, 6.45) is 2.38. The van der Waals surface area contributed by atoms with E-state index in [1.807, 2.05) is 0 Å². The zero-order valence-electron chi connectivity index (χ0n) is 8.33. The van der Waals surface area contributed by atoms with E-state index in [1.54, 1.807) is 0 Å². The Bertz CT molecular complexity index is 228. The first-order valence-electron chi connectivity index (χ1n) is 4.86. The predicted octanol–water partition coefficient (Wildman–Crippen LogP) is 4.04. The maximum absolute atomic E-state index is 3.72. The molecule has 1 atom stereocenters. The van der Waals surface area contributed by atoms with Crippen LogP contribution < -0.4 is 0 Å². The predicted molar refractivity (Wildman–Crippen MR) is 62.3 cm³/mol. The second-order valence-electron chi connectivity index (χ2n) is 3.92. The lowest BCUT2D eigenvalue weighted by atomic mass is 10.0. The zero-order valence-corrected chi connectivity index (χ0v) is 9.92. The molecule has 0 bridgehead atoms. The Labute approximate surface area is 89.5 Å². The van der Waals surface area contributed by atoms with E-state index in [4.69, 9.17) is 0 Å². The fourth-order valence-electron chi connectivity index (χ4n) is 1.46. The molecule has 1 aromatic carbocycles. The summed E-state index contributed by atoms with van der Waals surface area (Å²) in [5.74, 6) is 0.771. The van der Waals surface area contributed by atoms with E-state index in [2.05, 4.69) is 60.1 Å². The third kappa shape index (κ3) is 4.47. The van der Waals surface area contributed by atoms with E-state index in [9.17, 15) is 0 Å². The smallest absolute Gasteiger partial charge is 0.0188 e. The Morgan fingerprint density at radius 2 is 1.77 bits per heavy atom. The highest BCUT2D eigenvalue weighted by molar-refractivity contribution is 9.09. The second-order valence-corrected chi connectivity index (χ2v) is 5.21. The largest absolute Gasteiger partial charge is 0.0887 e. The van der Waals surface area contributed by atoms with Crippen molar-refractivity contribution in [3.8, 4) is 0 Å². The minimum Gasteiger partial charge on any atom is -0.0887 e. The normalized spacial score (nSPS) is 13.2. The zero-order chi connectivity index (χ0) is 9.68. The van der Waals surface area contributed by atoms with Crippen LogP contribution in [0.4, 0.5) is 0 Å². The first-order valence-corrected chi connectivity index (χ1v) is 5.78. The average Bonchev–Trinajstić information content (AvgIpc) is 2.04. The van der Waals surface area contributed by atoms with Gasteiger partial charge in [-0.15, -0.1) is 0 Å². The molecule has 0 amide bonds. The Hall–Kier alpha value is -0.300. The van der Waals surface area contributed by atoms with Gasteiger partial charge >= 0.3 is 0 Å². The third-order valence-electron chi connectivity index (χ3n) is 2.03. The summed E-state index contributed by atoms with van der Waals surface area (Å²) in [7, 11) is 0. The van der Waals surface area contributed by atoms with Crippen LogP contribution in [0, 0.1) is 5.92 Å². The molecule has 0 aliphatic heterocycles. The number of halogens is 1. The molecule has 0 N–H and O–H groups in total. The fourth-order valence-corrected chi connectivity index (χ4v) is 2.59. The molecule has 1 heteroatoms. The highest BCUT2D eigenvalue weighted by Gasteiger charge is 2.06. The van der Waals surface area contributed by atoms with Crippen molar-refractivity contribution in [2.24, 2.45) is 5.92 Å². The van der Waals surface area contributed by atoms with Crippen molar-refractivity contribution < 1.29 is 0 Å². The van der Waals surface area contributed by atoms with E-state index in [-0.39, 0.29) is 0 Å². The van der Waals surface area contributed by atoms with Gasteiger partial charge in [-0.1, -0.05) is 60.1 Å². The van der Waals surface area contributed by atoms with Crippen LogP contribution in [-0.4, -0.2) is 4.83 Å². The lowest BCUT2D eigenvalue weighted by Gasteiger charge is -2.11. The van der Waals surface area contributed by atoms with Crippen molar-refractivity contribution in [2.75, 3.05) is 0 Å². The molecular weight excluding hydrogens is 224 g/mol. The van der Waals surface area contributed by atoms with E-state index in [0.29, 0.717) is 4.83 Å². The van der Waals surface area contributed by atoms with Crippen LogP contribution in [0.5, 0.6) is 0 Å². The molecule has 1 rings (SSSR count). The van der Waals surface area contributed by atoms with E-state index < -0.39 is 0 Å². The first kappa shape index (κ1) is 10.8. The average molecular weight is 241 g/mol. The van der Waals surface area contributed by atoms with Crippen molar-refractivity contribution in [3.05, 3.63) is 35.9 Å². The number of alkyl halides is 1. The summed E-state index contributed by atoms with van der Waals surface area (Å²) >= 11 is 3.72. The molecule has 0 heterocycles. The molecule has 0 aliphatic carbocycles. The first-order chi connectivity index (χ1) is 6.18. The van der Waals surface area contributed by atoms with E-state index in [0.717, 1.165) is 12.3 Å². The molecule has 1 unspecified atom stereocenters. The summed E-state index contributed by atoms with van der Waals surface area (Å²) in [5.41, 5.74) is 1.42. The fraction of sp³-hybridized carbons (Fsp3) is 0.500. The lowest BCUT2D eigenvalue weighted by molar-refractivity contribution is 0.571. The highest BCUT2D eigenvalue weighted by Crippen LogP contribution is 2.17. The van der Waals surface area contributed by atoms with Gasteiger partial charge in [0.15, 0.2) is 0 Å². The van der Waals surface area contributed by atoms with Gasteiger partial charge in [-0.05, 0) is 24.3 Å². The number of hydrogen-bond donors (Lipinski definition) is 0. The summed E-state index contributed by atoms with van der Waals surface area (Å²) < 4.78 is 0. The van der Waals surface area contributed by atoms with Crippen LogP contribution in [0.3, 0.4) is 0 Å². The molecule has 13 heavy (non-hydrogen) atoms. The van der Waals surface area contributed by atoms with Gasteiger partial charge in [0.1, 0.15) is 0 Å². The Kier molecular flexibility index (Phi) is 4.51. The van der Waals surface area contributed by atoms with Crippen molar-refractivity contribution in [1.29, 1.82) is 0 Å². The number of benzene rings is 1. The number of rotatable bonds is 4. The topological polar surface area (TPSA) is 0 Å². The maximum atomic E-state index is 3.72. The van der Waals surface area contributed by atoms with Crippen molar-refractivity contribution in [2.45, 2.75) is 31.5 Å². The standard InChI is InChI=1S/C12H17Br/c1-10(2)8-12(13)9-11-6-4-3-5-7-11/h3-7,10,12H,8-9H2,1-2H3. The molecule has 0 nitrogen and oxygen atoms in total. The summed E-state index contributed by atoms with van der Waals surface area (Å²) in [6.45, 7) is 4.53. The second kappa shape index (κ2) is 5.43. The van der Waals surface area contributed by atoms with Crippen LogP contribution >= 0.6 is 15.9 Å². The molecule has 0 aliphatic rings. The third-order valence-corrected chi connectivity index (χ3v) is 2.72. The maximum Gasteiger partial charge on any atom is 0.0188 e. The Morgan fingerprint density at radius 1 is 1.15 bits per heavy atom. The van der Waals surface area contributed by atoms with E-state index >= 15 is 0 Å². The monoisotopic (exact) mass is 240 g/mol. The van der Waals surface area contributed by atoms with Crippen molar-refractivity contribution in [3.63, 3.8) is 0 Å². The molecule has 0 saturated heterocycles. The van der Waals surface area contributed by atoms with Gasteiger partial charge < -0.3 is 0 Å². The SMILES string of the molecule is CC(C)CC(Br)Cc1ccccc1. The quantitative estimate of drug-likeness (QED) is 0.698. The molecule has 72 valence electrons. The Balaban J connectivity index is 2.41. The molecule has 1 aromatic rings. The number of hydrogen-bond acceptors (Lipinski definition) is 0. The Morgan fingerprint density at radius 3 is 2.31 bits per heavy atom.